The van der Waals surface area contributed by atoms with Crippen LogP contribution in [0.15, 0.2) is 24.3 Å². The number of alkyl halides is 3. The van der Waals surface area contributed by atoms with Gasteiger partial charge >= 0.3 is 21.7 Å². The van der Waals surface area contributed by atoms with Gasteiger partial charge in [-0.05, 0) is 44.9 Å². The summed E-state index contributed by atoms with van der Waals surface area (Å²) in [5, 5.41) is 2.48. The first-order valence-corrected chi connectivity index (χ1v) is 8.27. The van der Waals surface area contributed by atoms with Crippen LogP contribution in [0.2, 0.25) is 0 Å². The van der Waals surface area contributed by atoms with E-state index < -0.39 is 33.1 Å². The number of ether oxygens (including phenoxy) is 1. The molecule has 136 valence electrons. The first-order valence-electron chi connectivity index (χ1n) is 6.87. The van der Waals surface area contributed by atoms with E-state index in [0.29, 0.717) is 5.56 Å². The summed E-state index contributed by atoms with van der Waals surface area (Å²) in [6.45, 7) is 5.27. The smallest absolute Gasteiger partial charge is 0.444 e. The lowest BCUT2D eigenvalue weighted by Crippen LogP contribution is -2.33. The molecule has 1 aromatic rings. The van der Waals surface area contributed by atoms with Gasteiger partial charge in [-0.1, -0.05) is 12.1 Å². The Kier molecular flexibility index (Phi) is 6.09. The maximum Gasteiger partial charge on any atom is 0.534 e. The number of rotatable bonds is 5. The molecule has 10 heteroatoms. The number of nitrogens with one attached hydrogen (secondary N) is 1. The van der Waals surface area contributed by atoms with Crippen molar-refractivity contribution in [3.63, 3.8) is 0 Å². The quantitative estimate of drug-likeness (QED) is 0.637. The highest BCUT2D eigenvalue weighted by atomic mass is 32.2. The summed E-state index contributed by atoms with van der Waals surface area (Å²) in [6, 6.07) is 5.15. The van der Waals surface area contributed by atoms with Crippen LogP contribution in [-0.2, 0) is 21.3 Å². The Bertz CT molecular complexity index is 680. The van der Waals surface area contributed by atoms with E-state index in [9.17, 15) is 26.4 Å². The van der Waals surface area contributed by atoms with Gasteiger partial charge in [0, 0.05) is 6.54 Å². The second kappa shape index (κ2) is 7.29. The van der Waals surface area contributed by atoms with Crippen LogP contribution >= 0.6 is 0 Å². The van der Waals surface area contributed by atoms with Gasteiger partial charge in [-0.25, -0.2) is 4.79 Å². The number of carbonyl (C=O) groups excluding carboxylic acids is 1. The lowest BCUT2D eigenvalue weighted by Gasteiger charge is -2.19. The number of halogens is 3. The van der Waals surface area contributed by atoms with Gasteiger partial charge in [0.2, 0.25) is 0 Å². The van der Waals surface area contributed by atoms with Gasteiger partial charge in [-0.15, -0.1) is 0 Å². The van der Waals surface area contributed by atoms with Crippen LogP contribution in [0.1, 0.15) is 26.3 Å². The van der Waals surface area contributed by atoms with Crippen LogP contribution in [0.5, 0.6) is 5.75 Å². The average molecular weight is 369 g/mol. The van der Waals surface area contributed by atoms with Gasteiger partial charge in [-0.2, -0.15) is 21.6 Å². The largest absolute Gasteiger partial charge is 0.534 e. The summed E-state index contributed by atoms with van der Waals surface area (Å²) in [6.07, 6.45) is -0.378. The molecule has 24 heavy (non-hydrogen) atoms. The minimum Gasteiger partial charge on any atom is -0.444 e. The first-order chi connectivity index (χ1) is 10.8. The monoisotopic (exact) mass is 369 g/mol. The minimum absolute atomic E-state index is 0.157. The van der Waals surface area contributed by atoms with Crippen LogP contribution in [-0.4, -0.2) is 32.2 Å². The number of benzene rings is 1. The standard InChI is InChI=1S/C14H18F3NO5S/c1-13(2,3)22-12(19)18-8-7-10-5-4-6-11(9-10)23-24(20,21)14(15,16)17/h4-6,9H,7-8H2,1-3H3,(H,18,19). The molecule has 0 saturated heterocycles. The maximum absolute atomic E-state index is 12.3. The number of amides is 1. The van der Waals surface area contributed by atoms with E-state index in [1.165, 1.54) is 6.07 Å². The number of hydrogen-bond acceptors (Lipinski definition) is 5. The maximum atomic E-state index is 12.3. The molecule has 1 amide bonds. The molecule has 0 spiro atoms. The highest BCUT2D eigenvalue weighted by Gasteiger charge is 2.48. The zero-order valence-electron chi connectivity index (χ0n) is 13.3. The van der Waals surface area contributed by atoms with Crippen LogP contribution < -0.4 is 9.50 Å². The fraction of sp³-hybridized carbons (Fsp3) is 0.500. The van der Waals surface area contributed by atoms with Crippen molar-refractivity contribution >= 4 is 16.2 Å². The van der Waals surface area contributed by atoms with Gasteiger partial charge in [0.05, 0.1) is 0 Å². The second-order valence-corrected chi connectivity index (χ2v) is 7.35. The number of alkyl carbamates (subject to hydrolysis) is 1. The van der Waals surface area contributed by atoms with Crippen LogP contribution in [0.4, 0.5) is 18.0 Å². The summed E-state index contributed by atoms with van der Waals surface area (Å²) >= 11 is 0. The third-order valence-corrected chi connectivity index (χ3v) is 3.45. The predicted molar refractivity (Wildman–Crippen MR) is 80.0 cm³/mol. The molecule has 0 saturated carbocycles. The molecule has 1 N–H and O–H groups in total. The van der Waals surface area contributed by atoms with Gasteiger partial charge < -0.3 is 14.2 Å². The SMILES string of the molecule is CC(C)(C)OC(=O)NCCc1cccc(OS(=O)(=O)C(F)(F)F)c1. The van der Waals surface area contributed by atoms with Crippen molar-refractivity contribution in [1.82, 2.24) is 5.32 Å². The van der Waals surface area contributed by atoms with E-state index in [1.807, 2.05) is 0 Å². The minimum atomic E-state index is -5.71. The molecule has 6 nitrogen and oxygen atoms in total. The lowest BCUT2D eigenvalue weighted by molar-refractivity contribution is -0.0500. The summed E-state index contributed by atoms with van der Waals surface area (Å²) in [5.74, 6) is -0.456. The topological polar surface area (TPSA) is 81.7 Å². The van der Waals surface area contributed by atoms with Gasteiger partial charge in [0.25, 0.3) is 0 Å². The van der Waals surface area contributed by atoms with E-state index in [1.54, 1.807) is 26.8 Å². The molecule has 0 radical (unpaired) electrons. The van der Waals surface area contributed by atoms with Crippen molar-refractivity contribution in [2.45, 2.75) is 38.3 Å². The van der Waals surface area contributed by atoms with E-state index in [2.05, 4.69) is 9.50 Å². The lowest BCUT2D eigenvalue weighted by atomic mass is 10.1. The first kappa shape index (κ1) is 20.1. The number of carbonyl (C=O) groups is 1. The Hall–Kier alpha value is -1.97. The molecule has 0 aliphatic rings. The molecular weight excluding hydrogens is 351 g/mol. The zero-order valence-corrected chi connectivity index (χ0v) is 14.1. The molecule has 0 aromatic heterocycles. The molecule has 0 unspecified atom stereocenters. The molecule has 0 heterocycles. The fourth-order valence-electron chi connectivity index (χ4n) is 1.55. The molecule has 1 aromatic carbocycles. The van der Waals surface area contributed by atoms with Crippen LogP contribution in [0.3, 0.4) is 0 Å². The summed E-state index contributed by atoms with van der Waals surface area (Å²) < 4.78 is 67.8. The van der Waals surface area contributed by atoms with E-state index >= 15 is 0 Å². The predicted octanol–water partition coefficient (Wildman–Crippen LogP) is 2.98. The van der Waals surface area contributed by atoms with Crippen molar-refractivity contribution < 1.29 is 35.3 Å². The molecule has 1 rings (SSSR count). The Balaban J connectivity index is 2.62. The Morgan fingerprint density at radius 3 is 2.38 bits per heavy atom. The highest BCUT2D eigenvalue weighted by Crippen LogP contribution is 2.27. The highest BCUT2D eigenvalue weighted by molar-refractivity contribution is 7.88. The van der Waals surface area contributed by atoms with Gasteiger partial charge in [-0.3, -0.25) is 0 Å². The van der Waals surface area contributed by atoms with E-state index in [-0.39, 0.29) is 13.0 Å². The van der Waals surface area contributed by atoms with Crippen LogP contribution in [0.25, 0.3) is 0 Å². The fourth-order valence-corrected chi connectivity index (χ4v) is 2.00. The van der Waals surface area contributed by atoms with Crippen molar-refractivity contribution in [3.05, 3.63) is 29.8 Å². The van der Waals surface area contributed by atoms with Crippen molar-refractivity contribution in [2.24, 2.45) is 0 Å². The molecule has 0 fully saturated rings. The van der Waals surface area contributed by atoms with E-state index in [4.69, 9.17) is 4.74 Å². The summed E-state index contributed by atoms with van der Waals surface area (Å²) in [7, 11) is -5.71. The normalized spacial score (nSPS) is 12.6. The Morgan fingerprint density at radius 1 is 1.21 bits per heavy atom. The number of hydrogen-bond donors (Lipinski definition) is 1. The van der Waals surface area contributed by atoms with Crippen molar-refractivity contribution in [2.75, 3.05) is 6.54 Å². The second-order valence-electron chi connectivity index (χ2n) is 5.81. The van der Waals surface area contributed by atoms with Crippen LogP contribution in [0, 0.1) is 0 Å². The molecule has 0 atom stereocenters. The van der Waals surface area contributed by atoms with Gasteiger partial charge in [0.1, 0.15) is 11.4 Å². The Morgan fingerprint density at radius 2 is 1.83 bits per heavy atom. The van der Waals surface area contributed by atoms with Crippen molar-refractivity contribution in [3.8, 4) is 5.75 Å². The zero-order chi connectivity index (χ0) is 18.6. The summed E-state index contributed by atoms with van der Waals surface area (Å²) in [5.41, 5.74) is -5.66. The van der Waals surface area contributed by atoms with E-state index in [0.717, 1.165) is 12.1 Å². The molecular formula is C14H18F3NO5S. The molecule has 0 aliphatic carbocycles. The summed E-state index contributed by atoms with van der Waals surface area (Å²) in [4.78, 5) is 11.5. The average Bonchev–Trinajstić information content (AvgIpc) is 2.35. The molecule has 0 bridgehead atoms. The Labute approximate surface area is 138 Å². The van der Waals surface area contributed by atoms with Crippen molar-refractivity contribution in [1.29, 1.82) is 0 Å². The van der Waals surface area contributed by atoms with Gasteiger partial charge in [0.15, 0.2) is 0 Å². The third kappa shape index (κ3) is 6.65. The molecule has 0 aliphatic heterocycles. The third-order valence-electron chi connectivity index (χ3n) is 2.47.